The van der Waals surface area contributed by atoms with Crippen LogP contribution in [0.4, 0.5) is 0 Å². The van der Waals surface area contributed by atoms with Crippen molar-refractivity contribution in [3.63, 3.8) is 0 Å². The Kier molecular flexibility index (Phi) is 7.89. The molecule has 3 aromatic carbocycles. The standard InChI is InChI=1S/C28H26ClNO3.CH4O/c1-18-11-25(14-22-15-30(28(32)27(18)22)24-7-2-3-8-24)33-17-19-5-4-6-20(12-19)21-9-10-26(29)23(13-21)16-31;1-2/h4-6,9-14,16,24H,2-3,7-8,15,17H2,1H3;2H,1H3. The van der Waals surface area contributed by atoms with Crippen LogP contribution in [0.5, 0.6) is 5.75 Å². The van der Waals surface area contributed by atoms with Crippen molar-refractivity contribution in [2.45, 2.75) is 51.8 Å². The molecule has 1 amide bonds. The molecule has 3 aromatic rings. The van der Waals surface area contributed by atoms with E-state index >= 15 is 0 Å². The number of hydrogen-bond donors (Lipinski definition) is 1. The molecule has 182 valence electrons. The van der Waals surface area contributed by atoms with Crippen molar-refractivity contribution in [2.75, 3.05) is 7.11 Å². The summed E-state index contributed by atoms with van der Waals surface area (Å²) in [7, 11) is 1.00. The third-order valence-electron chi connectivity index (χ3n) is 6.76. The lowest BCUT2D eigenvalue weighted by atomic mass is 10.0. The van der Waals surface area contributed by atoms with Gasteiger partial charge in [-0.05, 0) is 77.9 Å². The van der Waals surface area contributed by atoms with E-state index < -0.39 is 0 Å². The Balaban J connectivity index is 0.00000141. The van der Waals surface area contributed by atoms with E-state index in [0.717, 1.165) is 65.4 Å². The van der Waals surface area contributed by atoms with Crippen molar-refractivity contribution in [2.24, 2.45) is 0 Å². The van der Waals surface area contributed by atoms with Crippen LogP contribution in [0.1, 0.15) is 63.1 Å². The number of ether oxygens (including phenoxy) is 1. The van der Waals surface area contributed by atoms with Crippen LogP contribution >= 0.6 is 11.6 Å². The maximum Gasteiger partial charge on any atom is 0.255 e. The van der Waals surface area contributed by atoms with Gasteiger partial charge in [0.2, 0.25) is 0 Å². The number of benzene rings is 3. The normalized spacial score (nSPS) is 15.0. The van der Waals surface area contributed by atoms with Crippen molar-refractivity contribution in [3.8, 4) is 16.9 Å². The molecule has 1 fully saturated rings. The average molecular weight is 492 g/mol. The Morgan fingerprint density at radius 1 is 1.06 bits per heavy atom. The van der Waals surface area contributed by atoms with Gasteiger partial charge in [0, 0.05) is 30.8 Å². The van der Waals surface area contributed by atoms with Gasteiger partial charge in [0.15, 0.2) is 6.29 Å². The summed E-state index contributed by atoms with van der Waals surface area (Å²) in [6.45, 7) is 3.09. The van der Waals surface area contributed by atoms with Gasteiger partial charge >= 0.3 is 0 Å². The number of halogens is 1. The molecule has 5 nitrogen and oxygen atoms in total. The molecule has 0 atom stereocenters. The van der Waals surface area contributed by atoms with E-state index in [-0.39, 0.29) is 5.91 Å². The maximum atomic E-state index is 13.0. The summed E-state index contributed by atoms with van der Waals surface area (Å²) in [6, 6.07) is 17.9. The van der Waals surface area contributed by atoms with Crippen molar-refractivity contribution in [3.05, 3.63) is 87.4 Å². The zero-order valence-corrected chi connectivity index (χ0v) is 20.8. The highest BCUT2D eigenvalue weighted by Crippen LogP contribution is 2.35. The minimum atomic E-state index is 0.173. The number of aldehydes is 1. The van der Waals surface area contributed by atoms with Crippen LogP contribution in [0.25, 0.3) is 11.1 Å². The first-order chi connectivity index (χ1) is 17.0. The summed E-state index contributed by atoms with van der Waals surface area (Å²) in [6.07, 6.45) is 5.42. The SMILES string of the molecule is CO.Cc1cc(OCc2cccc(-c3ccc(Cl)c(C=O)c3)c2)cc2c1C(=O)N(C1CCCC1)C2. The molecule has 0 spiro atoms. The van der Waals surface area contributed by atoms with Gasteiger partial charge in [-0.3, -0.25) is 9.59 Å². The van der Waals surface area contributed by atoms with Gasteiger partial charge in [-0.25, -0.2) is 0 Å². The van der Waals surface area contributed by atoms with Crippen molar-refractivity contribution < 1.29 is 19.4 Å². The van der Waals surface area contributed by atoms with Crippen molar-refractivity contribution in [1.29, 1.82) is 0 Å². The molecule has 0 unspecified atom stereocenters. The molecule has 1 N–H and O–H groups in total. The number of amides is 1. The molecule has 6 heteroatoms. The second kappa shape index (κ2) is 11.1. The second-order valence-electron chi connectivity index (χ2n) is 8.99. The fraction of sp³-hybridized carbons (Fsp3) is 0.310. The fourth-order valence-electron chi connectivity index (χ4n) is 5.07. The van der Waals surface area contributed by atoms with Crippen LogP contribution in [0.2, 0.25) is 5.02 Å². The minimum Gasteiger partial charge on any atom is -0.489 e. The third-order valence-corrected chi connectivity index (χ3v) is 7.10. The Bertz CT molecular complexity index is 1230. The lowest BCUT2D eigenvalue weighted by Gasteiger charge is -2.23. The smallest absolute Gasteiger partial charge is 0.255 e. The summed E-state index contributed by atoms with van der Waals surface area (Å²) < 4.78 is 6.14. The van der Waals surface area contributed by atoms with E-state index in [1.54, 1.807) is 12.1 Å². The number of carbonyl (C=O) groups excluding carboxylic acids is 2. The molecule has 1 heterocycles. The van der Waals surface area contributed by atoms with Crippen LogP contribution in [0, 0.1) is 6.92 Å². The zero-order chi connectivity index (χ0) is 24.9. The lowest BCUT2D eigenvalue weighted by Crippen LogP contribution is -2.33. The van der Waals surface area contributed by atoms with Crippen LogP contribution in [-0.2, 0) is 13.2 Å². The maximum absolute atomic E-state index is 13.0. The number of aryl methyl sites for hydroxylation is 1. The van der Waals surface area contributed by atoms with Gasteiger partial charge in [-0.2, -0.15) is 0 Å². The van der Waals surface area contributed by atoms with E-state index in [0.29, 0.717) is 29.8 Å². The predicted molar refractivity (Wildman–Crippen MR) is 138 cm³/mol. The van der Waals surface area contributed by atoms with Gasteiger partial charge in [0.25, 0.3) is 5.91 Å². The number of aliphatic hydroxyl groups excluding tert-OH is 1. The van der Waals surface area contributed by atoms with E-state index in [2.05, 4.69) is 11.0 Å². The van der Waals surface area contributed by atoms with E-state index in [4.69, 9.17) is 21.4 Å². The summed E-state index contributed by atoms with van der Waals surface area (Å²) >= 11 is 6.07. The number of nitrogens with zero attached hydrogens (tertiary/aromatic N) is 1. The van der Waals surface area contributed by atoms with Gasteiger partial charge in [0.1, 0.15) is 12.4 Å². The van der Waals surface area contributed by atoms with Crippen LogP contribution in [0.3, 0.4) is 0 Å². The summed E-state index contributed by atoms with van der Waals surface area (Å²) in [5.74, 6) is 0.957. The molecule has 1 aliphatic heterocycles. The van der Waals surface area contributed by atoms with Crippen molar-refractivity contribution in [1.82, 2.24) is 4.90 Å². The first-order valence-corrected chi connectivity index (χ1v) is 12.3. The minimum absolute atomic E-state index is 0.173. The summed E-state index contributed by atoms with van der Waals surface area (Å²) in [5, 5.41) is 7.45. The number of hydrogen-bond acceptors (Lipinski definition) is 4. The van der Waals surface area contributed by atoms with E-state index in [9.17, 15) is 9.59 Å². The molecule has 2 aliphatic rings. The first kappa shape index (κ1) is 25.0. The van der Waals surface area contributed by atoms with Crippen LogP contribution < -0.4 is 4.74 Å². The first-order valence-electron chi connectivity index (χ1n) is 11.9. The van der Waals surface area contributed by atoms with Crippen LogP contribution in [0.15, 0.2) is 54.6 Å². The molecule has 0 aromatic heterocycles. The fourth-order valence-corrected chi connectivity index (χ4v) is 5.23. The molecular weight excluding hydrogens is 462 g/mol. The number of carbonyl (C=O) groups is 2. The second-order valence-corrected chi connectivity index (χ2v) is 9.40. The number of aliphatic hydroxyl groups is 1. The molecule has 0 saturated heterocycles. The predicted octanol–water partition coefficient (Wildman–Crippen LogP) is 6.21. The Morgan fingerprint density at radius 3 is 2.54 bits per heavy atom. The lowest BCUT2D eigenvalue weighted by molar-refractivity contribution is 0.0706. The molecule has 5 rings (SSSR count). The average Bonchev–Trinajstić information content (AvgIpc) is 3.53. The largest absolute Gasteiger partial charge is 0.489 e. The van der Waals surface area contributed by atoms with Crippen LogP contribution in [-0.4, -0.2) is 35.4 Å². The van der Waals surface area contributed by atoms with E-state index in [1.807, 2.05) is 43.3 Å². The molecule has 35 heavy (non-hydrogen) atoms. The van der Waals surface area contributed by atoms with Crippen molar-refractivity contribution >= 4 is 23.8 Å². The zero-order valence-electron chi connectivity index (χ0n) is 20.1. The Hall–Kier alpha value is -3.15. The number of rotatable bonds is 6. The molecule has 1 aliphatic carbocycles. The van der Waals surface area contributed by atoms with Gasteiger partial charge in [-0.15, -0.1) is 0 Å². The monoisotopic (exact) mass is 491 g/mol. The highest BCUT2D eigenvalue weighted by atomic mass is 35.5. The van der Waals surface area contributed by atoms with Gasteiger partial charge < -0.3 is 14.7 Å². The molecule has 0 radical (unpaired) electrons. The van der Waals surface area contributed by atoms with Gasteiger partial charge in [-0.1, -0.05) is 48.7 Å². The third kappa shape index (κ3) is 5.26. The Labute approximate surface area is 211 Å². The summed E-state index contributed by atoms with van der Waals surface area (Å²) in [4.78, 5) is 26.3. The number of fused-ring (bicyclic) bond motifs is 1. The molecule has 0 bridgehead atoms. The molecule has 1 saturated carbocycles. The Morgan fingerprint density at radius 2 is 1.80 bits per heavy atom. The van der Waals surface area contributed by atoms with E-state index in [1.165, 1.54) is 12.8 Å². The highest BCUT2D eigenvalue weighted by Gasteiger charge is 2.35. The molecular formula is C29H30ClNO4. The summed E-state index contributed by atoms with van der Waals surface area (Å²) in [5.41, 5.74) is 6.33. The highest BCUT2D eigenvalue weighted by molar-refractivity contribution is 6.33. The quantitative estimate of drug-likeness (QED) is 0.416. The van der Waals surface area contributed by atoms with Gasteiger partial charge in [0.05, 0.1) is 5.02 Å². The topological polar surface area (TPSA) is 66.8 Å².